The van der Waals surface area contributed by atoms with Crippen LogP contribution < -0.4 is 5.32 Å². The lowest BCUT2D eigenvalue weighted by atomic mass is 9.89. The van der Waals surface area contributed by atoms with Gasteiger partial charge in [0, 0.05) is 12.3 Å². The molecule has 2 saturated carbocycles. The van der Waals surface area contributed by atoms with E-state index in [1.807, 2.05) is 0 Å². The smallest absolute Gasteiger partial charge is 0.410 e. The van der Waals surface area contributed by atoms with Crippen LogP contribution in [0.4, 0.5) is 9.59 Å². The Bertz CT molecular complexity index is 523. The van der Waals surface area contributed by atoms with Crippen LogP contribution in [0.5, 0.6) is 0 Å². The van der Waals surface area contributed by atoms with Gasteiger partial charge in [0.25, 0.3) is 0 Å². The number of hydrogen-bond donors (Lipinski definition) is 1. The Morgan fingerprint density at radius 1 is 0.700 bits per heavy atom. The predicted octanol–water partition coefficient (Wildman–Crippen LogP) is 3.74. The summed E-state index contributed by atoms with van der Waals surface area (Å²) in [7, 11) is 0. The minimum absolute atomic E-state index is 0.0951. The van der Waals surface area contributed by atoms with Crippen LogP contribution >= 0.6 is 11.8 Å². The molecule has 30 heavy (non-hydrogen) atoms. The Labute approximate surface area is 180 Å². The number of esters is 2. The molecular weight excluding hydrogens is 414 g/mol. The van der Waals surface area contributed by atoms with E-state index >= 15 is 0 Å². The van der Waals surface area contributed by atoms with Gasteiger partial charge in [-0.2, -0.15) is 0 Å². The molecule has 0 saturated heterocycles. The van der Waals surface area contributed by atoms with Crippen molar-refractivity contribution >= 4 is 35.1 Å². The van der Waals surface area contributed by atoms with E-state index in [0.29, 0.717) is 0 Å². The number of hydrogen-bond acceptors (Lipinski definition) is 9. The monoisotopic (exact) mass is 445 g/mol. The zero-order valence-electron chi connectivity index (χ0n) is 17.2. The van der Waals surface area contributed by atoms with E-state index in [2.05, 4.69) is 5.32 Å². The van der Waals surface area contributed by atoms with Gasteiger partial charge in [-0.3, -0.25) is 9.59 Å². The first-order chi connectivity index (χ1) is 14.6. The first-order valence-corrected chi connectivity index (χ1v) is 11.6. The molecule has 0 atom stereocenters. The number of carbonyl (C=O) groups excluding carboxylic acids is 4. The number of rotatable bonds is 9. The summed E-state index contributed by atoms with van der Waals surface area (Å²) in [5, 5.41) is 1.85. The summed E-state index contributed by atoms with van der Waals surface area (Å²) in [5.41, 5.74) is 0. The molecule has 0 heterocycles. The van der Waals surface area contributed by atoms with E-state index < -0.39 is 25.0 Å². The summed E-state index contributed by atoms with van der Waals surface area (Å²) in [6.45, 7) is -0.664. The van der Waals surface area contributed by atoms with Crippen LogP contribution in [0, 0.1) is 11.8 Å². The van der Waals surface area contributed by atoms with Crippen molar-refractivity contribution in [3.05, 3.63) is 0 Å². The summed E-state index contributed by atoms with van der Waals surface area (Å²) >= 11 is 0.845. The fourth-order valence-corrected chi connectivity index (χ4v) is 4.07. The van der Waals surface area contributed by atoms with Crippen molar-refractivity contribution in [3.8, 4) is 0 Å². The molecule has 2 rings (SSSR count). The summed E-state index contributed by atoms with van der Waals surface area (Å²) in [6, 6.07) is 0. The van der Waals surface area contributed by atoms with Crippen LogP contribution in [0.25, 0.3) is 0 Å². The van der Waals surface area contributed by atoms with E-state index in [1.54, 1.807) is 0 Å². The Kier molecular flexibility index (Phi) is 11.4. The number of thioether (sulfide) groups is 1. The fourth-order valence-electron chi connectivity index (χ4n) is 3.57. The molecule has 2 aliphatic rings. The van der Waals surface area contributed by atoms with E-state index in [9.17, 15) is 19.2 Å². The van der Waals surface area contributed by atoms with E-state index in [-0.39, 0.29) is 36.1 Å². The number of amides is 1. The number of ether oxygens (including phenoxy) is 4. The molecule has 0 aromatic carbocycles. The van der Waals surface area contributed by atoms with Gasteiger partial charge in [-0.25, -0.2) is 9.59 Å². The van der Waals surface area contributed by atoms with Crippen LogP contribution in [-0.2, 0) is 28.5 Å². The summed E-state index contributed by atoms with van der Waals surface area (Å²) in [6.07, 6.45) is 8.91. The van der Waals surface area contributed by atoms with Crippen LogP contribution in [0.15, 0.2) is 0 Å². The maximum atomic E-state index is 11.8. The Hall–Kier alpha value is -1.97. The van der Waals surface area contributed by atoms with Crippen LogP contribution in [-0.4, -0.2) is 49.2 Å². The summed E-state index contributed by atoms with van der Waals surface area (Å²) in [5.74, 6) is -0.588. The standard InChI is InChI=1S/C20H31NO8S/c22-17(15-7-3-1-4-8-15)26-13-28-19(24)21-11-12-30-20(25)29-14-27-18(23)16-9-5-2-6-10-16/h15-16H,1-14H2,(H,21,24). The van der Waals surface area contributed by atoms with Crippen molar-refractivity contribution < 1.29 is 38.1 Å². The van der Waals surface area contributed by atoms with Gasteiger partial charge in [-0.05, 0) is 37.4 Å². The quantitative estimate of drug-likeness (QED) is 0.322. The van der Waals surface area contributed by atoms with Gasteiger partial charge in [-0.15, -0.1) is 0 Å². The second-order valence-corrected chi connectivity index (χ2v) is 8.46. The lowest BCUT2D eigenvalue weighted by molar-refractivity contribution is -0.158. The van der Waals surface area contributed by atoms with Gasteiger partial charge >= 0.3 is 23.3 Å². The van der Waals surface area contributed by atoms with Gasteiger partial charge in [0.1, 0.15) is 0 Å². The van der Waals surface area contributed by atoms with Crippen molar-refractivity contribution in [1.82, 2.24) is 5.32 Å². The second-order valence-electron chi connectivity index (χ2n) is 7.43. The minimum atomic E-state index is -0.734. The van der Waals surface area contributed by atoms with Crippen LogP contribution in [0.1, 0.15) is 64.2 Å². The molecule has 1 N–H and O–H groups in total. The largest absolute Gasteiger partial charge is 0.428 e. The van der Waals surface area contributed by atoms with Gasteiger partial charge in [0.15, 0.2) is 0 Å². The third kappa shape index (κ3) is 9.69. The number of nitrogens with one attached hydrogen (secondary N) is 1. The molecule has 0 spiro atoms. The highest BCUT2D eigenvalue weighted by molar-refractivity contribution is 8.13. The molecule has 0 unspecified atom stereocenters. The van der Waals surface area contributed by atoms with Crippen molar-refractivity contribution in [2.75, 3.05) is 25.9 Å². The maximum absolute atomic E-state index is 11.8. The molecule has 2 aliphatic carbocycles. The predicted molar refractivity (Wildman–Crippen MR) is 108 cm³/mol. The Balaban J connectivity index is 1.43. The molecule has 2 fully saturated rings. The highest BCUT2D eigenvalue weighted by Crippen LogP contribution is 2.25. The number of alkyl carbamates (subject to hydrolysis) is 1. The van der Waals surface area contributed by atoms with E-state index in [1.165, 1.54) is 0 Å². The highest BCUT2D eigenvalue weighted by Gasteiger charge is 2.23. The van der Waals surface area contributed by atoms with Gasteiger partial charge < -0.3 is 24.3 Å². The van der Waals surface area contributed by atoms with Gasteiger partial charge in [-0.1, -0.05) is 38.5 Å². The fraction of sp³-hybridized carbons (Fsp3) is 0.800. The van der Waals surface area contributed by atoms with Crippen molar-refractivity contribution in [3.63, 3.8) is 0 Å². The molecule has 1 amide bonds. The third-order valence-corrected chi connectivity index (χ3v) is 6.00. The first-order valence-electron chi connectivity index (χ1n) is 10.6. The average molecular weight is 446 g/mol. The molecule has 170 valence electrons. The van der Waals surface area contributed by atoms with Gasteiger partial charge in [0.05, 0.1) is 11.8 Å². The van der Waals surface area contributed by atoms with Crippen molar-refractivity contribution in [2.24, 2.45) is 11.8 Å². The highest BCUT2D eigenvalue weighted by atomic mass is 32.2. The normalized spacial score (nSPS) is 17.6. The summed E-state index contributed by atoms with van der Waals surface area (Å²) in [4.78, 5) is 46.8. The Morgan fingerprint density at radius 3 is 1.73 bits per heavy atom. The molecular formula is C20H31NO8S. The molecule has 0 aliphatic heterocycles. The van der Waals surface area contributed by atoms with E-state index in [4.69, 9.17) is 18.9 Å². The van der Waals surface area contributed by atoms with Crippen molar-refractivity contribution in [2.45, 2.75) is 64.2 Å². The molecule has 10 heteroatoms. The minimum Gasteiger partial charge on any atom is -0.428 e. The van der Waals surface area contributed by atoms with Crippen LogP contribution in [0.2, 0.25) is 0 Å². The first kappa shape index (κ1) is 24.3. The molecule has 9 nitrogen and oxygen atoms in total. The van der Waals surface area contributed by atoms with Gasteiger partial charge in [0.2, 0.25) is 13.6 Å². The SMILES string of the molecule is O=C(NCCSC(=O)OCOC(=O)C1CCCCC1)OCOC(=O)C1CCCCC1. The molecule has 0 radical (unpaired) electrons. The number of carbonyl (C=O) groups is 4. The average Bonchev–Trinajstić information content (AvgIpc) is 2.77. The topological polar surface area (TPSA) is 117 Å². The molecule has 0 aromatic rings. The van der Waals surface area contributed by atoms with Crippen molar-refractivity contribution in [1.29, 1.82) is 0 Å². The zero-order chi connectivity index (χ0) is 21.6. The lowest BCUT2D eigenvalue weighted by Gasteiger charge is -2.19. The zero-order valence-corrected chi connectivity index (χ0v) is 18.0. The maximum Gasteiger partial charge on any atom is 0.410 e. The molecule has 0 aromatic heterocycles. The lowest BCUT2D eigenvalue weighted by Crippen LogP contribution is -2.29. The Morgan fingerprint density at radius 2 is 1.20 bits per heavy atom. The third-order valence-electron chi connectivity index (χ3n) is 5.24. The summed E-state index contributed by atoms with van der Waals surface area (Å²) < 4.78 is 19.6. The van der Waals surface area contributed by atoms with Crippen LogP contribution in [0.3, 0.4) is 0 Å². The second kappa shape index (κ2) is 14.1. The molecule has 0 bridgehead atoms. The van der Waals surface area contributed by atoms with E-state index in [0.717, 1.165) is 76.0 Å².